The molecular weight excluding hydrogens is 356 g/mol. The van der Waals surface area contributed by atoms with Crippen molar-refractivity contribution in [1.29, 1.82) is 0 Å². The number of nitrogens with one attached hydrogen (secondary N) is 1. The van der Waals surface area contributed by atoms with Crippen molar-refractivity contribution in [3.8, 4) is 5.75 Å². The minimum absolute atomic E-state index is 0.116. The van der Waals surface area contributed by atoms with Crippen LogP contribution in [0.4, 0.5) is 0 Å². The molecule has 0 fully saturated rings. The number of hydrogen-bond acceptors (Lipinski definition) is 3. The van der Waals surface area contributed by atoms with E-state index in [2.05, 4.69) is 26.5 Å². The molecule has 0 bridgehead atoms. The average molecular weight is 369 g/mol. The number of hydrazone groups is 1. The van der Waals surface area contributed by atoms with E-state index in [1.165, 1.54) is 6.21 Å². The number of benzene rings is 3. The van der Waals surface area contributed by atoms with Crippen LogP contribution in [0.15, 0.2) is 70.2 Å². The van der Waals surface area contributed by atoms with Crippen molar-refractivity contribution in [2.75, 3.05) is 0 Å². The van der Waals surface area contributed by atoms with Gasteiger partial charge in [-0.1, -0.05) is 46.3 Å². The van der Waals surface area contributed by atoms with Crippen molar-refractivity contribution < 1.29 is 9.90 Å². The van der Waals surface area contributed by atoms with E-state index >= 15 is 0 Å². The van der Waals surface area contributed by atoms with E-state index in [1.807, 2.05) is 30.3 Å². The first-order valence-corrected chi connectivity index (χ1v) is 7.74. The predicted molar refractivity (Wildman–Crippen MR) is 94.8 cm³/mol. The number of hydrogen-bond donors (Lipinski definition) is 2. The lowest BCUT2D eigenvalue weighted by Gasteiger charge is -2.05. The Morgan fingerprint density at radius 2 is 1.78 bits per heavy atom. The molecule has 114 valence electrons. The number of rotatable bonds is 3. The number of phenols is 1. The molecule has 3 aromatic rings. The molecule has 0 radical (unpaired) electrons. The summed E-state index contributed by atoms with van der Waals surface area (Å²) in [5.41, 5.74) is 3.54. The van der Waals surface area contributed by atoms with Gasteiger partial charge in [-0.15, -0.1) is 0 Å². The highest BCUT2D eigenvalue weighted by molar-refractivity contribution is 9.10. The van der Waals surface area contributed by atoms with Crippen LogP contribution in [-0.4, -0.2) is 17.2 Å². The third-order valence-corrected chi connectivity index (χ3v) is 3.94. The van der Waals surface area contributed by atoms with Gasteiger partial charge in [0.05, 0.1) is 6.21 Å². The molecule has 0 aliphatic rings. The second kappa shape index (κ2) is 6.62. The molecule has 0 unspecified atom stereocenters. The van der Waals surface area contributed by atoms with E-state index in [0.29, 0.717) is 11.1 Å². The number of nitrogens with zero attached hydrogens (tertiary/aromatic N) is 1. The molecule has 0 saturated heterocycles. The van der Waals surface area contributed by atoms with Crippen LogP contribution >= 0.6 is 15.9 Å². The van der Waals surface area contributed by atoms with Crippen molar-refractivity contribution in [2.24, 2.45) is 5.10 Å². The maximum absolute atomic E-state index is 12.0. The van der Waals surface area contributed by atoms with Gasteiger partial charge in [-0.2, -0.15) is 5.10 Å². The Morgan fingerprint density at radius 3 is 2.57 bits per heavy atom. The normalized spacial score (nSPS) is 11.0. The van der Waals surface area contributed by atoms with Gasteiger partial charge in [0.15, 0.2) is 0 Å². The van der Waals surface area contributed by atoms with E-state index in [4.69, 9.17) is 0 Å². The lowest BCUT2D eigenvalue weighted by atomic mass is 10.0. The molecule has 3 rings (SSSR count). The average Bonchev–Trinajstić information content (AvgIpc) is 2.57. The third-order valence-electron chi connectivity index (χ3n) is 3.41. The summed E-state index contributed by atoms with van der Waals surface area (Å²) in [4.78, 5) is 12.0. The smallest absolute Gasteiger partial charge is 0.271 e. The fraction of sp³-hybridized carbons (Fsp3) is 0. The van der Waals surface area contributed by atoms with Gasteiger partial charge in [-0.05, 0) is 41.1 Å². The second-order valence-electron chi connectivity index (χ2n) is 4.93. The fourth-order valence-corrected chi connectivity index (χ4v) is 2.51. The van der Waals surface area contributed by atoms with Gasteiger partial charge in [0.2, 0.25) is 0 Å². The molecule has 23 heavy (non-hydrogen) atoms. The Balaban J connectivity index is 1.82. The van der Waals surface area contributed by atoms with Crippen LogP contribution < -0.4 is 5.43 Å². The van der Waals surface area contributed by atoms with Crippen LogP contribution in [0.25, 0.3) is 10.8 Å². The van der Waals surface area contributed by atoms with Gasteiger partial charge < -0.3 is 5.11 Å². The Hall–Kier alpha value is -2.66. The van der Waals surface area contributed by atoms with Crippen molar-refractivity contribution in [2.45, 2.75) is 0 Å². The number of carbonyl (C=O) groups is 1. The van der Waals surface area contributed by atoms with Gasteiger partial charge >= 0.3 is 0 Å². The monoisotopic (exact) mass is 368 g/mol. The highest BCUT2D eigenvalue weighted by atomic mass is 79.9. The zero-order valence-electron chi connectivity index (χ0n) is 12.0. The van der Waals surface area contributed by atoms with Crippen molar-refractivity contribution in [3.63, 3.8) is 0 Å². The van der Waals surface area contributed by atoms with Crippen LogP contribution in [0.1, 0.15) is 15.9 Å². The van der Waals surface area contributed by atoms with Gasteiger partial charge in [0.1, 0.15) is 5.75 Å². The first-order valence-electron chi connectivity index (χ1n) is 6.95. The molecule has 5 heteroatoms. The van der Waals surface area contributed by atoms with E-state index < -0.39 is 0 Å². The van der Waals surface area contributed by atoms with Crippen LogP contribution in [0.5, 0.6) is 5.75 Å². The number of phenolic OH excluding ortho intramolecular Hbond substituents is 1. The quantitative estimate of drug-likeness (QED) is 0.540. The van der Waals surface area contributed by atoms with Crippen molar-refractivity contribution in [1.82, 2.24) is 5.43 Å². The summed E-state index contributed by atoms with van der Waals surface area (Å²) in [5, 5.41) is 15.8. The largest absolute Gasteiger partial charge is 0.507 e. The summed E-state index contributed by atoms with van der Waals surface area (Å²) in [7, 11) is 0. The van der Waals surface area contributed by atoms with Gasteiger partial charge in [-0.25, -0.2) is 5.43 Å². The molecule has 0 aromatic heterocycles. The fourth-order valence-electron chi connectivity index (χ4n) is 2.24. The molecule has 2 N–H and O–H groups in total. The van der Waals surface area contributed by atoms with Crippen LogP contribution in [0.2, 0.25) is 0 Å². The summed E-state index contributed by atoms with van der Waals surface area (Å²) in [6, 6.07) is 18.1. The standard InChI is InChI=1S/C18H13BrN2O2/c19-14-8-5-13(6-9-14)18(23)21-20-11-16-15-4-2-1-3-12(15)7-10-17(16)22/h1-11,22H,(H,21,23)/b20-11-. The zero-order chi connectivity index (χ0) is 16.2. The van der Waals surface area contributed by atoms with Crippen LogP contribution in [-0.2, 0) is 0 Å². The molecule has 0 spiro atoms. The topological polar surface area (TPSA) is 61.7 Å². The zero-order valence-corrected chi connectivity index (χ0v) is 13.6. The van der Waals surface area contributed by atoms with Crippen LogP contribution in [0.3, 0.4) is 0 Å². The minimum Gasteiger partial charge on any atom is -0.507 e. The summed E-state index contributed by atoms with van der Waals surface area (Å²) in [5.74, 6) is -0.196. The van der Waals surface area contributed by atoms with E-state index in [9.17, 15) is 9.90 Å². The molecule has 4 nitrogen and oxygen atoms in total. The summed E-state index contributed by atoms with van der Waals surface area (Å²) in [6.07, 6.45) is 1.45. The lowest BCUT2D eigenvalue weighted by Crippen LogP contribution is -2.17. The number of halogens is 1. The Morgan fingerprint density at radius 1 is 1.04 bits per heavy atom. The molecule has 0 aliphatic carbocycles. The maximum atomic E-state index is 12.0. The minimum atomic E-state index is -0.312. The van der Waals surface area contributed by atoms with E-state index in [0.717, 1.165) is 15.2 Å². The Bertz CT molecular complexity index is 889. The molecule has 3 aromatic carbocycles. The first-order chi connectivity index (χ1) is 11.1. The van der Waals surface area contributed by atoms with E-state index in [-0.39, 0.29) is 11.7 Å². The molecule has 0 atom stereocenters. The second-order valence-corrected chi connectivity index (χ2v) is 5.84. The Kier molecular flexibility index (Phi) is 4.39. The number of aromatic hydroxyl groups is 1. The molecule has 0 saturated carbocycles. The molecular formula is C18H13BrN2O2. The van der Waals surface area contributed by atoms with Crippen LogP contribution in [0, 0.1) is 0 Å². The van der Waals surface area contributed by atoms with Gasteiger partial charge in [0.25, 0.3) is 5.91 Å². The van der Waals surface area contributed by atoms with Gasteiger partial charge in [-0.3, -0.25) is 4.79 Å². The highest BCUT2D eigenvalue weighted by Crippen LogP contribution is 2.25. The highest BCUT2D eigenvalue weighted by Gasteiger charge is 2.06. The number of fused-ring (bicyclic) bond motifs is 1. The lowest BCUT2D eigenvalue weighted by molar-refractivity contribution is 0.0955. The van der Waals surface area contributed by atoms with Gasteiger partial charge in [0, 0.05) is 15.6 Å². The summed E-state index contributed by atoms with van der Waals surface area (Å²) < 4.78 is 0.901. The predicted octanol–water partition coefficient (Wildman–Crippen LogP) is 4.07. The SMILES string of the molecule is O=C(N/N=C\c1c(O)ccc2ccccc12)c1ccc(Br)cc1. The van der Waals surface area contributed by atoms with E-state index in [1.54, 1.807) is 30.3 Å². The first kappa shape index (κ1) is 15.2. The number of carbonyl (C=O) groups excluding carboxylic acids is 1. The Labute approximate surface area is 141 Å². The number of amides is 1. The molecule has 1 amide bonds. The third kappa shape index (κ3) is 3.40. The molecule has 0 aliphatic heterocycles. The van der Waals surface area contributed by atoms with Crippen molar-refractivity contribution in [3.05, 3.63) is 76.3 Å². The molecule has 0 heterocycles. The maximum Gasteiger partial charge on any atom is 0.271 e. The summed E-state index contributed by atoms with van der Waals surface area (Å²) >= 11 is 3.32. The summed E-state index contributed by atoms with van der Waals surface area (Å²) in [6.45, 7) is 0. The van der Waals surface area contributed by atoms with Crippen molar-refractivity contribution >= 4 is 38.8 Å².